The molecular formula is C7H12O3. The molecule has 10 heavy (non-hydrogen) atoms. The number of carbonyl (C=O) groups is 1. The van der Waals surface area contributed by atoms with Gasteiger partial charge in [0.15, 0.2) is 0 Å². The van der Waals surface area contributed by atoms with Crippen molar-refractivity contribution in [2.24, 2.45) is 5.92 Å². The van der Waals surface area contributed by atoms with Crippen molar-refractivity contribution >= 4 is 5.97 Å². The summed E-state index contributed by atoms with van der Waals surface area (Å²) in [5, 5.41) is 9.23. The monoisotopic (exact) mass is 144 g/mol. The minimum Gasteiger partial charge on any atom is -0.465 e. The van der Waals surface area contributed by atoms with Gasteiger partial charge < -0.3 is 9.84 Å². The van der Waals surface area contributed by atoms with Crippen LogP contribution in [0.3, 0.4) is 0 Å². The van der Waals surface area contributed by atoms with Crippen molar-refractivity contribution in [3.05, 3.63) is 0 Å². The highest BCUT2D eigenvalue weighted by Gasteiger charge is 2.31. The Kier molecular flexibility index (Phi) is 2.27. The van der Waals surface area contributed by atoms with Gasteiger partial charge in [-0.3, -0.25) is 4.79 Å². The van der Waals surface area contributed by atoms with Crippen molar-refractivity contribution < 1.29 is 14.6 Å². The molecule has 1 fully saturated rings. The fourth-order valence-electron chi connectivity index (χ4n) is 1.15. The molecule has 58 valence electrons. The van der Waals surface area contributed by atoms with Crippen molar-refractivity contribution in [3.8, 4) is 0 Å². The Morgan fingerprint density at radius 3 is 3.00 bits per heavy atom. The van der Waals surface area contributed by atoms with Crippen LogP contribution in [0, 0.1) is 5.92 Å². The van der Waals surface area contributed by atoms with Crippen LogP contribution in [0.5, 0.6) is 0 Å². The molecule has 1 N–H and O–H groups in total. The molecule has 1 aliphatic heterocycles. The summed E-state index contributed by atoms with van der Waals surface area (Å²) in [6.45, 7) is 2.33. The molecule has 0 unspecified atom stereocenters. The Morgan fingerprint density at radius 2 is 2.60 bits per heavy atom. The summed E-state index contributed by atoms with van der Waals surface area (Å²) in [4.78, 5) is 10.8. The zero-order valence-corrected chi connectivity index (χ0v) is 6.04. The van der Waals surface area contributed by atoms with Gasteiger partial charge in [0.1, 0.15) is 0 Å². The second kappa shape index (κ2) is 3.01. The van der Waals surface area contributed by atoms with Crippen molar-refractivity contribution in [1.82, 2.24) is 0 Å². The standard InChI is InChI=1S/C7H12O3/c1-2-6(8)5-3-4-10-7(5)9/h5-6,8H,2-4H2,1H3/t5-,6-/m0/s1. The van der Waals surface area contributed by atoms with Crippen LogP contribution >= 0.6 is 0 Å². The first-order valence-corrected chi connectivity index (χ1v) is 3.60. The third-order valence-electron chi connectivity index (χ3n) is 1.86. The second-order valence-corrected chi connectivity index (χ2v) is 2.54. The van der Waals surface area contributed by atoms with Gasteiger partial charge in [-0.15, -0.1) is 0 Å². The van der Waals surface area contributed by atoms with E-state index >= 15 is 0 Å². The van der Waals surface area contributed by atoms with Gasteiger partial charge in [-0.1, -0.05) is 6.92 Å². The summed E-state index contributed by atoms with van der Waals surface area (Å²) in [7, 11) is 0. The molecular weight excluding hydrogens is 132 g/mol. The summed E-state index contributed by atoms with van der Waals surface area (Å²) in [6.07, 6.45) is 0.795. The van der Waals surface area contributed by atoms with E-state index in [1.54, 1.807) is 0 Å². The van der Waals surface area contributed by atoms with Gasteiger partial charge in [-0.05, 0) is 12.8 Å². The fraction of sp³-hybridized carbons (Fsp3) is 0.857. The van der Waals surface area contributed by atoms with Gasteiger partial charge in [0, 0.05) is 0 Å². The number of ether oxygens (including phenoxy) is 1. The largest absolute Gasteiger partial charge is 0.465 e. The van der Waals surface area contributed by atoms with Gasteiger partial charge in [-0.25, -0.2) is 0 Å². The van der Waals surface area contributed by atoms with Crippen molar-refractivity contribution in [3.63, 3.8) is 0 Å². The maximum absolute atomic E-state index is 10.8. The molecule has 1 saturated heterocycles. The van der Waals surface area contributed by atoms with Gasteiger partial charge >= 0.3 is 5.97 Å². The first-order chi connectivity index (χ1) is 4.75. The number of hydrogen-bond acceptors (Lipinski definition) is 3. The number of rotatable bonds is 2. The normalized spacial score (nSPS) is 28.2. The molecule has 3 heteroatoms. The lowest BCUT2D eigenvalue weighted by Crippen LogP contribution is -2.23. The number of aliphatic hydroxyl groups excluding tert-OH is 1. The quantitative estimate of drug-likeness (QED) is 0.568. The minimum absolute atomic E-state index is 0.241. The predicted octanol–water partition coefficient (Wildman–Crippen LogP) is 0.320. The lowest BCUT2D eigenvalue weighted by atomic mass is 9.99. The molecule has 0 aromatic rings. The minimum atomic E-state index is -0.505. The van der Waals surface area contributed by atoms with E-state index in [1.165, 1.54) is 0 Å². The van der Waals surface area contributed by atoms with E-state index in [1.807, 2.05) is 6.92 Å². The maximum Gasteiger partial charge on any atom is 0.311 e. The molecule has 1 aliphatic rings. The van der Waals surface area contributed by atoms with Crippen molar-refractivity contribution in [2.45, 2.75) is 25.9 Å². The van der Waals surface area contributed by atoms with Crippen LogP contribution in [-0.4, -0.2) is 23.8 Å². The van der Waals surface area contributed by atoms with Crippen LogP contribution in [-0.2, 0) is 9.53 Å². The van der Waals surface area contributed by atoms with Gasteiger partial charge in [0.05, 0.1) is 18.6 Å². The van der Waals surface area contributed by atoms with Crippen LogP contribution in [0.2, 0.25) is 0 Å². The SMILES string of the molecule is CC[C@H](O)[C@@H]1CCOC1=O. The van der Waals surface area contributed by atoms with Crippen molar-refractivity contribution in [2.75, 3.05) is 6.61 Å². The van der Waals surface area contributed by atoms with Crippen LogP contribution in [0.15, 0.2) is 0 Å². The Balaban J connectivity index is 2.46. The summed E-state index contributed by atoms with van der Waals surface area (Å²) < 4.78 is 4.69. The highest BCUT2D eigenvalue weighted by molar-refractivity contribution is 5.74. The van der Waals surface area contributed by atoms with E-state index in [-0.39, 0.29) is 11.9 Å². The van der Waals surface area contributed by atoms with E-state index in [0.717, 1.165) is 0 Å². The van der Waals surface area contributed by atoms with E-state index in [0.29, 0.717) is 19.4 Å². The van der Waals surface area contributed by atoms with Crippen LogP contribution in [0.25, 0.3) is 0 Å². The molecule has 3 nitrogen and oxygen atoms in total. The van der Waals surface area contributed by atoms with E-state index in [9.17, 15) is 9.90 Å². The van der Waals surface area contributed by atoms with Gasteiger partial charge in [0.25, 0.3) is 0 Å². The highest BCUT2D eigenvalue weighted by atomic mass is 16.5. The number of esters is 1. The average Bonchev–Trinajstić information content (AvgIpc) is 2.34. The molecule has 1 rings (SSSR count). The zero-order valence-electron chi connectivity index (χ0n) is 6.04. The number of hydrogen-bond donors (Lipinski definition) is 1. The molecule has 0 saturated carbocycles. The highest BCUT2D eigenvalue weighted by Crippen LogP contribution is 2.19. The second-order valence-electron chi connectivity index (χ2n) is 2.54. The first kappa shape index (κ1) is 7.54. The lowest BCUT2D eigenvalue weighted by Gasteiger charge is -2.10. The predicted molar refractivity (Wildman–Crippen MR) is 35.4 cm³/mol. The molecule has 2 atom stereocenters. The van der Waals surface area contributed by atoms with Crippen LogP contribution < -0.4 is 0 Å². The Hall–Kier alpha value is -0.570. The number of cyclic esters (lactones) is 1. The topological polar surface area (TPSA) is 46.5 Å². The molecule has 0 aromatic heterocycles. The molecule has 0 aliphatic carbocycles. The van der Waals surface area contributed by atoms with Crippen molar-refractivity contribution in [1.29, 1.82) is 0 Å². The maximum atomic E-state index is 10.8. The summed E-state index contributed by atoms with van der Waals surface area (Å²) in [5.74, 6) is -0.501. The zero-order chi connectivity index (χ0) is 7.56. The van der Waals surface area contributed by atoms with E-state index in [2.05, 4.69) is 4.74 Å². The summed E-state index contributed by atoms with van der Waals surface area (Å²) in [5.41, 5.74) is 0. The van der Waals surface area contributed by atoms with Gasteiger partial charge in [-0.2, -0.15) is 0 Å². The molecule has 0 amide bonds. The molecule has 0 bridgehead atoms. The molecule has 0 radical (unpaired) electrons. The van der Waals surface area contributed by atoms with Crippen LogP contribution in [0.1, 0.15) is 19.8 Å². The Morgan fingerprint density at radius 1 is 1.90 bits per heavy atom. The molecule has 0 aromatic carbocycles. The fourth-order valence-corrected chi connectivity index (χ4v) is 1.15. The molecule has 0 spiro atoms. The first-order valence-electron chi connectivity index (χ1n) is 3.60. The van der Waals surface area contributed by atoms with Crippen LogP contribution in [0.4, 0.5) is 0 Å². The summed E-state index contributed by atoms with van der Waals surface area (Å²) in [6, 6.07) is 0. The lowest BCUT2D eigenvalue weighted by molar-refractivity contribution is -0.144. The Bertz CT molecular complexity index is 133. The smallest absolute Gasteiger partial charge is 0.311 e. The number of aliphatic hydroxyl groups is 1. The Labute approximate surface area is 60.0 Å². The third-order valence-corrected chi connectivity index (χ3v) is 1.86. The third kappa shape index (κ3) is 1.29. The molecule has 1 heterocycles. The number of carbonyl (C=O) groups excluding carboxylic acids is 1. The summed E-state index contributed by atoms with van der Waals surface area (Å²) >= 11 is 0. The average molecular weight is 144 g/mol. The van der Waals surface area contributed by atoms with E-state index < -0.39 is 6.10 Å². The van der Waals surface area contributed by atoms with E-state index in [4.69, 9.17) is 0 Å². The van der Waals surface area contributed by atoms with Gasteiger partial charge in [0.2, 0.25) is 0 Å².